The van der Waals surface area contributed by atoms with Crippen LogP contribution in [0.4, 0.5) is 5.69 Å². The first-order chi connectivity index (χ1) is 9.15. The zero-order valence-corrected chi connectivity index (χ0v) is 11.0. The summed E-state index contributed by atoms with van der Waals surface area (Å²) >= 11 is 6.04. The van der Waals surface area contributed by atoms with Crippen LogP contribution >= 0.6 is 11.6 Å². The third kappa shape index (κ3) is 2.15. The standard InChI is InChI=1S/C14H12ClN3O/c1-8-5-6-16-11(7-8)13-17-10-4-2-3-9(15)12(10)14(19)18-13/h2-7,13,17H,1H3,(H,18,19). The predicted molar refractivity (Wildman–Crippen MR) is 74.3 cm³/mol. The van der Waals surface area contributed by atoms with E-state index in [-0.39, 0.29) is 12.1 Å². The molecule has 1 aromatic carbocycles. The Hall–Kier alpha value is -2.07. The summed E-state index contributed by atoms with van der Waals surface area (Å²) in [6.45, 7) is 1.99. The molecule has 0 saturated carbocycles. The Kier molecular flexibility index (Phi) is 2.87. The first-order valence-electron chi connectivity index (χ1n) is 5.93. The van der Waals surface area contributed by atoms with Crippen LogP contribution in [0.25, 0.3) is 0 Å². The van der Waals surface area contributed by atoms with Crippen LogP contribution in [0.3, 0.4) is 0 Å². The number of carbonyl (C=O) groups is 1. The summed E-state index contributed by atoms with van der Waals surface area (Å²) in [5.74, 6) is -0.187. The molecule has 0 aliphatic carbocycles. The molecule has 1 aromatic heterocycles. The fourth-order valence-corrected chi connectivity index (χ4v) is 2.40. The van der Waals surface area contributed by atoms with Gasteiger partial charge in [0.25, 0.3) is 5.91 Å². The number of pyridine rings is 1. The molecule has 1 aliphatic heterocycles. The van der Waals surface area contributed by atoms with E-state index in [1.165, 1.54) is 0 Å². The summed E-state index contributed by atoms with van der Waals surface area (Å²) < 4.78 is 0. The highest BCUT2D eigenvalue weighted by atomic mass is 35.5. The maximum Gasteiger partial charge on any atom is 0.256 e. The molecule has 5 heteroatoms. The van der Waals surface area contributed by atoms with Gasteiger partial charge in [0.15, 0.2) is 0 Å². The minimum Gasteiger partial charge on any atom is -0.360 e. The maximum absolute atomic E-state index is 12.1. The van der Waals surface area contributed by atoms with Crippen LogP contribution in [0, 0.1) is 6.92 Å². The first-order valence-corrected chi connectivity index (χ1v) is 6.31. The number of carbonyl (C=O) groups excluding carboxylic acids is 1. The molecule has 19 heavy (non-hydrogen) atoms. The van der Waals surface area contributed by atoms with E-state index in [2.05, 4.69) is 15.6 Å². The minimum atomic E-state index is -0.335. The lowest BCUT2D eigenvalue weighted by molar-refractivity contribution is 0.0935. The van der Waals surface area contributed by atoms with Gasteiger partial charge in [0, 0.05) is 6.20 Å². The number of fused-ring (bicyclic) bond motifs is 1. The molecule has 0 fully saturated rings. The molecule has 2 heterocycles. The van der Waals surface area contributed by atoms with Gasteiger partial charge >= 0.3 is 0 Å². The first kappa shape index (κ1) is 12.0. The van der Waals surface area contributed by atoms with Crippen molar-refractivity contribution in [3.05, 3.63) is 58.4 Å². The molecule has 0 spiro atoms. The molecule has 96 valence electrons. The summed E-state index contributed by atoms with van der Waals surface area (Å²) in [6.07, 6.45) is 1.39. The largest absolute Gasteiger partial charge is 0.360 e. The highest BCUT2D eigenvalue weighted by molar-refractivity contribution is 6.34. The average Bonchev–Trinajstić information content (AvgIpc) is 2.38. The van der Waals surface area contributed by atoms with Crippen molar-refractivity contribution in [2.75, 3.05) is 5.32 Å². The number of anilines is 1. The summed E-state index contributed by atoms with van der Waals surface area (Å²) in [6, 6.07) is 9.20. The molecule has 0 radical (unpaired) electrons. The van der Waals surface area contributed by atoms with Gasteiger partial charge in [-0.05, 0) is 36.8 Å². The predicted octanol–water partition coefficient (Wildman–Crippen LogP) is 2.90. The van der Waals surface area contributed by atoms with Crippen LogP contribution in [-0.4, -0.2) is 10.9 Å². The van der Waals surface area contributed by atoms with E-state index in [0.717, 1.165) is 16.9 Å². The Labute approximate surface area is 115 Å². The van der Waals surface area contributed by atoms with Crippen molar-refractivity contribution in [2.45, 2.75) is 13.1 Å². The second-order valence-electron chi connectivity index (χ2n) is 4.47. The zero-order chi connectivity index (χ0) is 13.4. The molecule has 0 bridgehead atoms. The Morgan fingerprint density at radius 3 is 2.89 bits per heavy atom. The van der Waals surface area contributed by atoms with Gasteiger partial charge in [-0.15, -0.1) is 0 Å². The van der Waals surface area contributed by atoms with Gasteiger partial charge in [-0.25, -0.2) is 0 Å². The zero-order valence-electron chi connectivity index (χ0n) is 10.3. The number of halogens is 1. The summed E-state index contributed by atoms with van der Waals surface area (Å²) in [4.78, 5) is 16.4. The Morgan fingerprint density at radius 2 is 2.11 bits per heavy atom. The van der Waals surface area contributed by atoms with Gasteiger partial charge in [-0.1, -0.05) is 17.7 Å². The molecule has 2 N–H and O–H groups in total. The number of hydrogen-bond donors (Lipinski definition) is 2. The SMILES string of the molecule is Cc1ccnc(C2NC(=O)c3c(Cl)cccc3N2)c1. The van der Waals surface area contributed by atoms with E-state index < -0.39 is 0 Å². The third-order valence-electron chi connectivity index (χ3n) is 3.05. The van der Waals surface area contributed by atoms with Crippen LogP contribution < -0.4 is 10.6 Å². The molecule has 1 unspecified atom stereocenters. The van der Waals surface area contributed by atoms with Gasteiger partial charge in [0.1, 0.15) is 6.17 Å². The van der Waals surface area contributed by atoms with E-state index in [4.69, 9.17) is 11.6 Å². The number of amides is 1. The van der Waals surface area contributed by atoms with E-state index in [9.17, 15) is 4.79 Å². The smallest absolute Gasteiger partial charge is 0.256 e. The highest BCUT2D eigenvalue weighted by Gasteiger charge is 2.27. The number of nitrogens with zero attached hydrogens (tertiary/aromatic N) is 1. The lowest BCUT2D eigenvalue weighted by atomic mass is 10.1. The third-order valence-corrected chi connectivity index (χ3v) is 3.36. The van der Waals surface area contributed by atoms with Crippen molar-refractivity contribution in [3.63, 3.8) is 0 Å². The summed E-state index contributed by atoms with van der Waals surface area (Å²) in [5.41, 5.74) is 3.08. The molecule has 1 amide bonds. The molecule has 1 aliphatic rings. The molecule has 1 atom stereocenters. The molecule has 4 nitrogen and oxygen atoms in total. The molecular formula is C14H12ClN3O. The van der Waals surface area contributed by atoms with E-state index in [1.54, 1.807) is 12.3 Å². The quantitative estimate of drug-likeness (QED) is 0.840. The van der Waals surface area contributed by atoms with Crippen molar-refractivity contribution in [2.24, 2.45) is 0 Å². The fourth-order valence-electron chi connectivity index (χ4n) is 2.14. The lowest BCUT2D eigenvalue weighted by Gasteiger charge is -2.28. The van der Waals surface area contributed by atoms with Gasteiger partial charge < -0.3 is 10.6 Å². The van der Waals surface area contributed by atoms with Crippen LogP contribution in [0.5, 0.6) is 0 Å². The van der Waals surface area contributed by atoms with Crippen molar-refractivity contribution >= 4 is 23.2 Å². The number of nitrogens with one attached hydrogen (secondary N) is 2. The second-order valence-corrected chi connectivity index (χ2v) is 4.88. The van der Waals surface area contributed by atoms with Crippen LogP contribution in [0.2, 0.25) is 5.02 Å². The van der Waals surface area contributed by atoms with Crippen LogP contribution in [0.1, 0.15) is 27.8 Å². The van der Waals surface area contributed by atoms with E-state index in [1.807, 2.05) is 31.2 Å². The number of rotatable bonds is 1. The normalized spacial score (nSPS) is 17.4. The van der Waals surface area contributed by atoms with Crippen molar-refractivity contribution in [3.8, 4) is 0 Å². The topological polar surface area (TPSA) is 54.0 Å². The second kappa shape index (κ2) is 4.55. The Balaban J connectivity index is 2.00. The Bertz CT molecular complexity index is 657. The summed E-state index contributed by atoms with van der Waals surface area (Å²) in [7, 11) is 0. The monoisotopic (exact) mass is 273 g/mol. The summed E-state index contributed by atoms with van der Waals surface area (Å²) in [5, 5.41) is 6.54. The van der Waals surface area contributed by atoms with Gasteiger partial charge in [0.2, 0.25) is 0 Å². The number of aryl methyl sites for hydroxylation is 1. The molecular weight excluding hydrogens is 262 g/mol. The highest BCUT2D eigenvalue weighted by Crippen LogP contribution is 2.30. The molecule has 0 saturated heterocycles. The Morgan fingerprint density at radius 1 is 1.26 bits per heavy atom. The van der Waals surface area contributed by atoms with E-state index >= 15 is 0 Å². The molecule has 3 rings (SSSR count). The van der Waals surface area contributed by atoms with Crippen molar-refractivity contribution in [1.29, 1.82) is 0 Å². The fraction of sp³-hybridized carbons (Fsp3) is 0.143. The van der Waals surface area contributed by atoms with Crippen LogP contribution in [0.15, 0.2) is 36.5 Å². The number of hydrogen-bond acceptors (Lipinski definition) is 3. The van der Waals surface area contributed by atoms with Crippen molar-refractivity contribution in [1.82, 2.24) is 10.3 Å². The van der Waals surface area contributed by atoms with Gasteiger partial charge in [-0.3, -0.25) is 9.78 Å². The van der Waals surface area contributed by atoms with Crippen LogP contribution in [-0.2, 0) is 0 Å². The minimum absolute atomic E-state index is 0.187. The number of aromatic nitrogens is 1. The van der Waals surface area contributed by atoms with Gasteiger partial charge in [0.05, 0.1) is 22.0 Å². The average molecular weight is 274 g/mol. The van der Waals surface area contributed by atoms with E-state index in [0.29, 0.717) is 10.6 Å². The van der Waals surface area contributed by atoms with Crippen molar-refractivity contribution < 1.29 is 4.79 Å². The molecule has 2 aromatic rings. The maximum atomic E-state index is 12.1. The van der Waals surface area contributed by atoms with Gasteiger partial charge in [-0.2, -0.15) is 0 Å². The lowest BCUT2D eigenvalue weighted by Crippen LogP contribution is -2.39. The number of benzene rings is 1.